The number of ether oxygens (including phenoxy) is 1. The van der Waals surface area contributed by atoms with Gasteiger partial charge < -0.3 is 10.5 Å². The highest BCUT2D eigenvalue weighted by atomic mass is 35.5. The van der Waals surface area contributed by atoms with Crippen molar-refractivity contribution in [2.24, 2.45) is 5.73 Å². The topological polar surface area (TPSA) is 69.4 Å². The summed E-state index contributed by atoms with van der Waals surface area (Å²) in [5, 5.41) is 0.527. The van der Waals surface area contributed by atoms with Gasteiger partial charge in [-0.2, -0.15) is 0 Å². The normalized spacial score (nSPS) is 12.5. The average molecular weight is 306 g/mol. The van der Waals surface area contributed by atoms with Gasteiger partial charge in [-0.3, -0.25) is 0 Å². The van der Waals surface area contributed by atoms with Crippen LogP contribution >= 0.6 is 11.6 Å². The molecule has 0 heterocycles. The minimum Gasteiger partial charge on any atom is -0.492 e. The predicted molar refractivity (Wildman–Crippen MR) is 78.4 cm³/mol. The van der Waals surface area contributed by atoms with Gasteiger partial charge in [0, 0.05) is 11.6 Å². The van der Waals surface area contributed by atoms with Crippen molar-refractivity contribution in [2.75, 3.05) is 12.4 Å². The Hall–Kier alpha value is -0.780. The van der Waals surface area contributed by atoms with Crippen LogP contribution in [0.3, 0.4) is 0 Å². The van der Waals surface area contributed by atoms with Crippen LogP contribution in [0.1, 0.15) is 26.3 Å². The lowest BCUT2D eigenvalue weighted by molar-refractivity contribution is 0.339. The molecule has 0 amide bonds. The van der Waals surface area contributed by atoms with Crippen molar-refractivity contribution in [1.29, 1.82) is 0 Å². The van der Waals surface area contributed by atoms with Gasteiger partial charge in [0.2, 0.25) is 0 Å². The number of hydrogen-bond acceptors (Lipinski definition) is 4. The zero-order chi connectivity index (χ0) is 14.7. The Morgan fingerprint density at radius 1 is 1.32 bits per heavy atom. The van der Waals surface area contributed by atoms with Gasteiger partial charge >= 0.3 is 0 Å². The molecule has 0 fully saturated rings. The molecule has 0 spiro atoms. The van der Waals surface area contributed by atoms with E-state index in [9.17, 15) is 8.42 Å². The molecule has 0 atom stereocenters. The molecule has 1 aromatic rings. The summed E-state index contributed by atoms with van der Waals surface area (Å²) in [7, 11) is -3.17. The quantitative estimate of drug-likeness (QED) is 0.907. The van der Waals surface area contributed by atoms with Crippen molar-refractivity contribution in [3.63, 3.8) is 0 Å². The highest BCUT2D eigenvalue weighted by molar-refractivity contribution is 7.92. The van der Waals surface area contributed by atoms with E-state index in [4.69, 9.17) is 22.1 Å². The van der Waals surface area contributed by atoms with Crippen LogP contribution in [0.25, 0.3) is 0 Å². The van der Waals surface area contributed by atoms with Crippen LogP contribution in [0.4, 0.5) is 0 Å². The van der Waals surface area contributed by atoms with E-state index in [1.54, 1.807) is 39.0 Å². The van der Waals surface area contributed by atoms with E-state index in [2.05, 4.69) is 0 Å². The maximum Gasteiger partial charge on any atom is 0.158 e. The first-order valence-electron chi connectivity index (χ1n) is 6.01. The zero-order valence-corrected chi connectivity index (χ0v) is 13.0. The van der Waals surface area contributed by atoms with Gasteiger partial charge in [-0.1, -0.05) is 17.7 Å². The zero-order valence-electron chi connectivity index (χ0n) is 11.4. The summed E-state index contributed by atoms with van der Waals surface area (Å²) in [6, 6.07) is 5.15. The molecule has 1 aromatic carbocycles. The molecule has 6 heteroatoms. The SMILES string of the molecule is CC(C)(C)S(=O)(=O)CCOc1ccc(CN)c(Cl)c1. The Balaban J connectivity index is 2.62. The number of benzene rings is 1. The molecule has 1 rings (SSSR count). The van der Waals surface area contributed by atoms with Crippen molar-refractivity contribution < 1.29 is 13.2 Å². The Morgan fingerprint density at radius 2 is 1.95 bits per heavy atom. The summed E-state index contributed by atoms with van der Waals surface area (Å²) in [4.78, 5) is 0. The molecule has 0 bridgehead atoms. The molecular formula is C13H20ClNO3S. The molecule has 0 aromatic heterocycles. The average Bonchev–Trinajstić information content (AvgIpc) is 2.27. The molecule has 0 aliphatic carbocycles. The largest absolute Gasteiger partial charge is 0.492 e. The van der Waals surface area contributed by atoms with Crippen LogP contribution in [-0.2, 0) is 16.4 Å². The molecule has 0 aliphatic heterocycles. The van der Waals surface area contributed by atoms with E-state index in [1.165, 1.54) is 0 Å². The van der Waals surface area contributed by atoms with Crippen LogP contribution in [0, 0.1) is 0 Å². The Kier molecular flexibility index (Phi) is 5.24. The van der Waals surface area contributed by atoms with E-state index in [0.717, 1.165) is 5.56 Å². The van der Waals surface area contributed by atoms with Gasteiger partial charge in [-0.15, -0.1) is 0 Å². The van der Waals surface area contributed by atoms with Crippen LogP contribution in [-0.4, -0.2) is 25.5 Å². The molecular weight excluding hydrogens is 286 g/mol. The number of hydrogen-bond donors (Lipinski definition) is 1. The summed E-state index contributed by atoms with van der Waals surface area (Å²) in [5.41, 5.74) is 6.33. The number of sulfone groups is 1. The Bertz CT molecular complexity index is 535. The fourth-order valence-electron chi connectivity index (χ4n) is 1.36. The monoisotopic (exact) mass is 305 g/mol. The summed E-state index contributed by atoms with van der Waals surface area (Å²) < 4.78 is 28.4. The molecule has 108 valence electrons. The molecule has 4 nitrogen and oxygen atoms in total. The summed E-state index contributed by atoms with van der Waals surface area (Å²) in [6.07, 6.45) is 0. The molecule has 19 heavy (non-hydrogen) atoms. The van der Waals surface area contributed by atoms with Gasteiger partial charge in [0.25, 0.3) is 0 Å². The lowest BCUT2D eigenvalue weighted by atomic mass is 10.2. The fraction of sp³-hybridized carbons (Fsp3) is 0.538. The third-order valence-electron chi connectivity index (χ3n) is 2.80. The van der Waals surface area contributed by atoms with Crippen LogP contribution in [0.15, 0.2) is 18.2 Å². The van der Waals surface area contributed by atoms with Crippen molar-refractivity contribution in [3.05, 3.63) is 28.8 Å². The van der Waals surface area contributed by atoms with E-state index in [0.29, 0.717) is 17.3 Å². The second kappa shape index (κ2) is 6.11. The summed E-state index contributed by atoms with van der Waals surface area (Å²) in [5.74, 6) is 0.526. The predicted octanol–water partition coefficient (Wildman–Crippen LogP) is 2.39. The molecule has 0 radical (unpaired) electrons. The van der Waals surface area contributed by atoms with Gasteiger partial charge in [0.05, 0.1) is 10.5 Å². The lowest BCUT2D eigenvalue weighted by Gasteiger charge is -2.19. The second-order valence-electron chi connectivity index (χ2n) is 5.24. The van der Waals surface area contributed by atoms with E-state index in [1.807, 2.05) is 0 Å². The summed E-state index contributed by atoms with van der Waals surface area (Å²) in [6.45, 7) is 5.50. The van der Waals surface area contributed by atoms with E-state index >= 15 is 0 Å². The van der Waals surface area contributed by atoms with Crippen molar-refractivity contribution in [2.45, 2.75) is 32.1 Å². The van der Waals surface area contributed by atoms with Crippen LogP contribution in [0.5, 0.6) is 5.75 Å². The second-order valence-corrected chi connectivity index (χ2v) is 8.51. The molecule has 2 N–H and O–H groups in total. The molecule has 0 saturated heterocycles. The van der Waals surface area contributed by atoms with Gasteiger partial charge in [-0.25, -0.2) is 8.42 Å². The van der Waals surface area contributed by atoms with Crippen molar-refractivity contribution >= 4 is 21.4 Å². The minimum absolute atomic E-state index is 0.0211. The van der Waals surface area contributed by atoms with Crippen LogP contribution < -0.4 is 10.5 Å². The smallest absolute Gasteiger partial charge is 0.158 e. The highest BCUT2D eigenvalue weighted by Gasteiger charge is 2.28. The fourth-order valence-corrected chi connectivity index (χ4v) is 2.52. The maximum absolute atomic E-state index is 11.9. The van der Waals surface area contributed by atoms with Crippen LogP contribution in [0.2, 0.25) is 5.02 Å². The van der Waals surface area contributed by atoms with Gasteiger partial charge in [0.1, 0.15) is 12.4 Å². The van der Waals surface area contributed by atoms with Crippen molar-refractivity contribution in [3.8, 4) is 5.75 Å². The maximum atomic E-state index is 11.9. The minimum atomic E-state index is -3.17. The standard InChI is InChI=1S/C13H20ClNO3S/c1-13(2,3)19(16,17)7-6-18-11-5-4-10(9-15)12(14)8-11/h4-5,8H,6-7,9,15H2,1-3H3. The highest BCUT2D eigenvalue weighted by Crippen LogP contribution is 2.22. The van der Waals surface area contributed by atoms with Crippen molar-refractivity contribution in [1.82, 2.24) is 0 Å². The Labute approximate surface area is 119 Å². The molecule has 0 aliphatic rings. The first-order valence-corrected chi connectivity index (χ1v) is 8.04. The third kappa shape index (κ3) is 4.37. The lowest BCUT2D eigenvalue weighted by Crippen LogP contribution is -2.32. The Morgan fingerprint density at radius 3 is 2.42 bits per heavy atom. The number of halogens is 1. The van der Waals surface area contributed by atoms with Gasteiger partial charge in [0.15, 0.2) is 9.84 Å². The van der Waals surface area contributed by atoms with E-state index < -0.39 is 14.6 Å². The number of rotatable bonds is 5. The third-order valence-corrected chi connectivity index (χ3v) is 5.72. The molecule has 0 unspecified atom stereocenters. The van der Waals surface area contributed by atoms with Gasteiger partial charge in [-0.05, 0) is 38.5 Å². The summed E-state index contributed by atoms with van der Waals surface area (Å²) >= 11 is 5.99. The van der Waals surface area contributed by atoms with E-state index in [-0.39, 0.29) is 12.4 Å². The first-order chi connectivity index (χ1) is 8.67. The first kappa shape index (κ1) is 16.3. The number of nitrogens with two attached hydrogens (primary N) is 1. The molecule has 0 saturated carbocycles.